The third kappa shape index (κ3) is 6.32. The van der Waals surface area contributed by atoms with Crippen LogP contribution in [0.1, 0.15) is 42.1 Å². The summed E-state index contributed by atoms with van der Waals surface area (Å²) in [5, 5.41) is 17.0. The molecule has 2 rings (SSSR count). The Labute approximate surface area is 173 Å². The molecule has 3 N–H and O–H groups in total. The minimum absolute atomic E-state index is 0. The van der Waals surface area contributed by atoms with E-state index < -0.39 is 5.60 Å². The largest absolute Gasteiger partial charge is 0.463 e. The van der Waals surface area contributed by atoms with Gasteiger partial charge in [0.15, 0.2) is 5.96 Å². The lowest BCUT2D eigenvalue weighted by Gasteiger charge is -2.23. The molecule has 0 fully saturated rings. The molecular formula is C20H30IN3O2. The van der Waals surface area contributed by atoms with Gasteiger partial charge in [-0.05, 0) is 57.9 Å². The van der Waals surface area contributed by atoms with Gasteiger partial charge in [0.25, 0.3) is 0 Å². The van der Waals surface area contributed by atoms with E-state index in [0.717, 1.165) is 12.3 Å². The van der Waals surface area contributed by atoms with Gasteiger partial charge in [0.05, 0.1) is 13.1 Å². The molecule has 1 atom stereocenters. The fourth-order valence-corrected chi connectivity index (χ4v) is 2.60. The molecule has 0 aliphatic rings. The van der Waals surface area contributed by atoms with Crippen molar-refractivity contribution in [1.29, 1.82) is 0 Å². The van der Waals surface area contributed by atoms with Crippen LogP contribution in [-0.2, 0) is 12.1 Å². The normalized spacial score (nSPS) is 13.7. The highest BCUT2D eigenvalue weighted by Crippen LogP contribution is 2.21. The first-order chi connectivity index (χ1) is 11.8. The lowest BCUT2D eigenvalue weighted by molar-refractivity contribution is 0.0378. The van der Waals surface area contributed by atoms with Crippen LogP contribution >= 0.6 is 24.0 Å². The molecule has 0 amide bonds. The van der Waals surface area contributed by atoms with Gasteiger partial charge in [-0.25, -0.2) is 4.99 Å². The zero-order valence-corrected chi connectivity index (χ0v) is 18.5. The van der Waals surface area contributed by atoms with Crippen LogP contribution in [0.4, 0.5) is 0 Å². The summed E-state index contributed by atoms with van der Waals surface area (Å²) in [7, 11) is 0. The van der Waals surface area contributed by atoms with Crippen molar-refractivity contribution in [3.05, 3.63) is 58.5 Å². The molecule has 2 aromatic rings. The van der Waals surface area contributed by atoms with Crippen LogP contribution in [0.15, 0.2) is 39.7 Å². The van der Waals surface area contributed by atoms with E-state index in [1.165, 1.54) is 16.7 Å². The number of rotatable bonds is 6. The number of hydrogen-bond donors (Lipinski definition) is 3. The van der Waals surface area contributed by atoms with Crippen LogP contribution < -0.4 is 10.6 Å². The van der Waals surface area contributed by atoms with E-state index in [2.05, 4.69) is 47.7 Å². The maximum Gasteiger partial charge on any atom is 0.191 e. The Morgan fingerprint density at radius 2 is 1.88 bits per heavy atom. The number of guanidine groups is 1. The molecule has 5 nitrogen and oxygen atoms in total. The number of nitrogens with zero attached hydrogens (tertiary/aromatic N) is 1. The van der Waals surface area contributed by atoms with E-state index >= 15 is 0 Å². The van der Waals surface area contributed by atoms with Gasteiger partial charge in [-0.3, -0.25) is 0 Å². The predicted molar refractivity (Wildman–Crippen MR) is 117 cm³/mol. The van der Waals surface area contributed by atoms with E-state index in [0.29, 0.717) is 24.8 Å². The van der Waals surface area contributed by atoms with Crippen LogP contribution in [-0.4, -0.2) is 24.2 Å². The molecule has 144 valence electrons. The monoisotopic (exact) mass is 471 g/mol. The fraction of sp³-hybridized carbons (Fsp3) is 0.450. The molecule has 0 radical (unpaired) electrons. The Morgan fingerprint density at radius 3 is 2.46 bits per heavy atom. The summed E-state index contributed by atoms with van der Waals surface area (Å²) in [5.74, 6) is 2.00. The molecule has 0 bridgehead atoms. The first kappa shape index (κ1) is 22.5. The summed E-state index contributed by atoms with van der Waals surface area (Å²) >= 11 is 0. The summed E-state index contributed by atoms with van der Waals surface area (Å²) in [6.07, 6.45) is 0. The second-order valence-corrected chi connectivity index (χ2v) is 6.66. The second-order valence-electron chi connectivity index (χ2n) is 6.66. The molecule has 6 heteroatoms. The van der Waals surface area contributed by atoms with Crippen LogP contribution in [0, 0.1) is 20.8 Å². The quantitative estimate of drug-likeness (QED) is 0.341. The topological polar surface area (TPSA) is 69.8 Å². The Kier molecular flexibility index (Phi) is 8.62. The number of furan rings is 1. The minimum Gasteiger partial charge on any atom is -0.463 e. The number of aliphatic imine (C=N–C) groups is 1. The van der Waals surface area contributed by atoms with Crippen molar-refractivity contribution < 1.29 is 9.52 Å². The van der Waals surface area contributed by atoms with Crippen molar-refractivity contribution in [3.63, 3.8) is 0 Å². The number of nitrogens with one attached hydrogen (secondary N) is 2. The number of hydrogen-bond acceptors (Lipinski definition) is 3. The van der Waals surface area contributed by atoms with Gasteiger partial charge in [0, 0.05) is 6.54 Å². The smallest absolute Gasteiger partial charge is 0.191 e. The van der Waals surface area contributed by atoms with E-state index in [4.69, 9.17) is 4.42 Å². The molecule has 1 aromatic carbocycles. The summed E-state index contributed by atoms with van der Waals surface area (Å²) in [6.45, 7) is 11.4. The summed E-state index contributed by atoms with van der Waals surface area (Å²) in [4.78, 5) is 4.63. The highest BCUT2D eigenvalue weighted by Gasteiger charge is 2.27. The predicted octanol–water partition coefficient (Wildman–Crippen LogP) is 3.79. The molecule has 0 spiro atoms. The average molecular weight is 471 g/mol. The summed E-state index contributed by atoms with van der Waals surface area (Å²) < 4.78 is 5.55. The highest BCUT2D eigenvalue weighted by atomic mass is 127. The molecule has 1 aromatic heterocycles. The number of benzene rings is 1. The van der Waals surface area contributed by atoms with Gasteiger partial charge in [0.2, 0.25) is 0 Å². The Balaban J connectivity index is 0.00000338. The average Bonchev–Trinajstić information content (AvgIpc) is 2.99. The number of aliphatic hydroxyl groups is 1. The first-order valence-electron chi connectivity index (χ1n) is 8.69. The molecule has 26 heavy (non-hydrogen) atoms. The number of aryl methyl sites for hydroxylation is 3. The van der Waals surface area contributed by atoms with Gasteiger partial charge in [-0.15, -0.1) is 24.0 Å². The Bertz CT molecular complexity index is 738. The fourth-order valence-electron chi connectivity index (χ4n) is 2.60. The zero-order valence-electron chi connectivity index (χ0n) is 16.2. The first-order valence-corrected chi connectivity index (χ1v) is 8.69. The standard InChI is InChI=1S/C20H29N3O2.HI/c1-6-21-19(22-12-17-9-7-14(2)11-15(17)3)23-13-20(5,24)18-10-8-16(4)25-18;/h7-11,24H,6,12-13H2,1-5H3,(H2,21,22,23);1H. The van der Waals surface area contributed by atoms with Crippen LogP contribution in [0.2, 0.25) is 0 Å². The van der Waals surface area contributed by atoms with Crippen LogP contribution in [0.3, 0.4) is 0 Å². The van der Waals surface area contributed by atoms with E-state index in [-0.39, 0.29) is 24.0 Å². The zero-order chi connectivity index (χ0) is 18.4. The number of halogens is 1. The Morgan fingerprint density at radius 1 is 1.15 bits per heavy atom. The maximum absolute atomic E-state index is 10.6. The molecule has 1 heterocycles. The van der Waals surface area contributed by atoms with Crippen molar-refractivity contribution >= 4 is 29.9 Å². The molecule has 0 aliphatic carbocycles. The van der Waals surface area contributed by atoms with Crippen LogP contribution in [0.25, 0.3) is 0 Å². The minimum atomic E-state index is -1.11. The third-order valence-corrected chi connectivity index (χ3v) is 4.12. The van der Waals surface area contributed by atoms with Crippen molar-refractivity contribution in [2.45, 2.75) is 46.8 Å². The van der Waals surface area contributed by atoms with Gasteiger partial charge in [-0.2, -0.15) is 0 Å². The maximum atomic E-state index is 10.6. The SMILES string of the molecule is CCNC(=NCc1ccc(C)cc1C)NCC(C)(O)c1ccc(C)o1.I. The van der Waals surface area contributed by atoms with Crippen LogP contribution in [0.5, 0.6) is 0 Å². The van der Waals surface area contributed by atoms with E-state index in [1.807, 2.05) is 19.9 Å². The second kappa shape index (κ2) is 9.97. The van der Waals surface area contributed by atoms with Crippen molar-refractivity contribution in [2.75, 3.05) is 13.1 Å². The molecule has 0 saturated heterocycles. The molecular weight excluding hydrogens is 441 g/mol. The van der Waals surface area contributed by atoms with E-state index in [1.54, 1.807) is 13.0 Å². The highest BCUT2D eigenvalue weighted by molar-refractivity contribution is 14.0. The van der Waals surface area contributed by atoms with Gasteiger partial charge in [0.1, 0.15) is 17.1 Å². The summed E-state index contributed by atoms with van der Waals surface area (Å²) in [5.41, 5.74) is 2.57. The molecule has 0 aliphatic heterocycles. The van der Waals surface area contributed by atoms with Gasteiger partial charge < -0.3 is 20.2 Å². The van der Waals surface area contributed by atoms with Crippen molar-refractivity contribution in [3.8, 4) is 0 Å². The summed E-state index contributed by atoms with van der Waals surface area (Å²) in [6, 6.07) is 10.0. The van der Waals surface area contributed by atoms with E-state index in [9.17, 15) is 5.11 Å². The third-order valence-electron chi connectivity index (χ3n) is 4.12. The Hall–Kier alpha value is -1.54. The lowest BCUT2D eigenvalue weighted by atomic mass is 10.0. The van der Waals surface area contributed by atoms with Crippen molar-refractivity contribution in [1.82, 2.24) is 10.6 Å². The lowest BCUT2D eigenvalue weighted by Crippen LogP contribution is -2.44. The van der Waals surface area contributed by atoms with Gasteiger partial charge >= 0.3 is 0 Å². The van der Waals surface area contributed by atoms with Crippen molar-refractivity contribution in [2.24, 2.45) is 4.99 Å². The molecule has 0 saturated carbocycles. The van der Waals surface area contributed by atoms with Gasteiger partial charge in [-0.1, -0.05) is 23.8 Å². The molecule has 1 unspecified atom stereocenters.